The van der Waals surface area contributed by atoms with Crippen LogP contribution in [0.25, 0.3) is 0 Å². The lowest BCUT2D eigenvalue weighted by molar-refractivity contribution is -0.113. The number of carbonyl (C=O) groups excluding carboxylic acids is 1. The standard InChI is InChI=1S/C12H10N2O3S2/c15-10(14-12-13-5-6-18-12)7-19-9-4-2-1-3-8(9)11(16)17/h1-6H,7H2,(H,16,17)(H,13,14,15). The Balaban J connectivity index is 1.95. The number of aromatic nitrogens is 1. The maximum atomic E-state index is 11.7. The number of aromatic carboxylic acids is 1. The topological polar surface area (TPSA) is 79.3 Å². The van der Waals surface area contributed by atoms with E-state index in [1.54, 1.807) is 29.8 Å². The molecule has 1 aromatic carbocycles. The highest BCUT2D eigenvalue weighted by atomic mass is 32.2. The maximum absolute atomic E-state index is 11.7. The average Bonchev–Trinajstić information content (AvgIpc) is 2.89. The van der Waals surface area contributed by atoms with Gasteiger partial charge in [-0.05, 0) is 12.1 Å². The van der Waals surface area contributed by atoms with Crippen LogP contribution in [0.3, 0.4) is 0 Å². The zero-order valence-corrected chi connectivity index (χ0v) is 11.3. The summed E-state index contributed by atoms with van der Waals surface area (Å²) in [5.74, 6) is -1.06. The highest BCUT2D eigenvalue weighted by Gasteiger charge is 2.11. The molecule has 2 N–H and O–H groups in total. The molecule has 2 aromatic rings. The zero-order chi connectivity index (χ0) is 13.7. The summed E-state index contributed by atoms with van der Waals surface area (Å²) >= 11 is 2.52. The van der Waals surface area contributed by atoms with Crippen molar-refractivity contribution in [3.63, 3.8) is 0 Å². The summed E-state index contributed by atoms with van der Waals surface area (Å²) in [5, 5.41) is 14.0. The van der Waals surface area contributed by atoms with Crippen molar-refractivity contribution < 1.29 is 14.7 Å². The minimum absolute atomic E-state index is 0.143. The number of hydrogen-bond donors (Lipinski definition) is 2. The van der Waals surface area contributed by atoms with Gasteiger partial charge in [0.05, 0.1) is 11.3 Å². The minimum atomic E-state index is -0.997. The van der Waals surface area contributed by atoms with Crippen molar-refractivity contribution in [1.82, 2.24) is 4.98 Å². The normalized spacial score (nSPS) is 10.1. The van der Waals surface area contributed by atoms with Crippen molar-refractivity contribution in [3.8, 4) is 0 Å². The van der Waals surface area contributed by atoms with Crippen LogP contribution in [0.1, 0.15) is 10.4 Å². The highest BCUT2D eigenvalue weighted by molar-refractivity contribution is 8.00. The molecule has 7 heteroatoms. The third-order valence-corrected chi connectivity index (χ3v) is 3.92. The van der Waals surface area contributed by atoms with Crippen LogP contribution in [-0.4, -0.2) is 27.7 Å². The largest absolute Gasteiger partial charge is 0.478 e. The quantitative estimate of drug-likeness (QED) is 0.829. The van der Waals surface area contributed by atoms with E-state index in [0.717, 1.165) is 0 Å². The molecule has 0 unspecified atom stereocenters. The van der Waals surface area contributed by atoms with E-state index in [4.69, 9.17) is 5.11 Å². The summed E-state index contributed by atoms with van der Waals surface area (Å²) in [7, 11) is 0. The van der Waals surface area contributed by atoms with Crippen LogP contribution in [0, 0.1) is 0 Å². The van der Waals surface area contributed by atoms with Crippen LogP contribution >= 0.6 is 23.1 Å². The van der Waals surface area contributed by atoms with Crippen molar-refractivity contribution in [2.45, 2.75) is 4.90 Å². The number of nitrogens with one attached hydrogen (secondary N) is 1. The van der Waals surface area contributed by atoms with E-state index in [0.29, 0.717) is 10.0 Å². The van der Waals surface area contributed by atoms with Gasteiger partial charge in [-0.25, -0.2) is 9.78 Å². The molecule has 0 aliphatic rings. The molecule has 0 atom stereocenters. The molecule has 0 saturated heterocycles. The molecule has 0 fully saturated rings. The van der Waals surface area contributed by atoms with Gasteiger partial charge in [0.2, 0.25) is 5.91 Å². The number of carboxylic acids is 1. The summed E-state index contributed by atoms with van der Waals surface area (Å²) < 4.78 is 0. The number of carboxylic acid groups (broad SMARTS) is 1. The lowest BCUT2D eigenvalue weighted by Gasteiger charge is -2.05. The summed E-state index contributed by atoms with van der Waals surface area (Å²) in [5.41, 5.74) is 0.203. The molecular weight excluding hydrogens is 284 g/mol. The number of anilines is 1. The number of thiazole rings is 1. The number of hydrogen-bond acceptors (Lipinski definition) is 5. The van der Waals surface area contributed by atoms with E-state index < -0.39 is 5.97 Å². The highest BCUT2D eigenvalue weighted by Crippen LogP contribution is 2.23. The number of amides is 1. The van der Waals surface area contributed by atoms with Gasteiger partial charge in [0, 0.05) is 16.5 Å². The number of carbonyl (C=O) groups is 2. The smallest absolute Gasteiger partial charge is 0.336 e. The number of rotatable bonds is 5. The molecule has 2 rings (SSSR count). The van der Waals surface area contributed by atoms with Crippen LogP contribution in [0.2, 0.25) is 0 Å². The molecule has 5 nitrogen and oxygen atoms in total. The Morgan fingerprint density at radius 1 is 1.37 bits per heavy atom. The fourth-order valence-corrected chi connectivity index (χ4v) is 2.74. The van der Waals surface area contributed by atoms with Crippen LogP contribution in [0.15, 0.2) is 40.7 Å². The van der Waals surface area contributed by atoms with E-state index in [1.165, 1.54) is 29.2 Å². The van der Waals surface area contributed by atoms with Gasteiger partial charge < -0.3 is 10.4 Å². The number of thioether (sulfide) groups is 1. The molecule has 19 heavy (non-hydrogen) atoms. The molecule has 0 bridgehead atoms. The molecule has 0 radical (unpaired) electrons. The second-order valence-corrected chi connectivity index (χ2v) is 5.39. The molecule has 0 saturated carbocycles. The molecule has 0 aliphatic carbocycles. The van der Waals surface area contributed by atoms with Gasteiger partial charge in [-0.15, -0.1) is 23.1 Å². The van der Waals surface area contributed by atoms with Gasteiger partial charge >= 0.3 is 5.97 Å². The second kappa shape index (κ2) is 6.35. The summed E-state index contributed by atoms with van der Waals surface area (Å²) in [6.45, 7) is 0. The van der Waals surface area contributed by atoms with Gasteiger partial charge in [0.15, 0.2) is 5.13 Å². The second-order valence-electron chi connectivity index (χ2n) is 3.48. The van der Waals surface area contributed by atoms with Crippen LogP contribution in [-0.2, 0) is 4.79 Å². The van der Waals surface area contributed by atoms with Crippen LogP contribution < -0.4 is 5.32 Å². The fourth-order valence-electron chi connectivity index (χ4n) is 1.35. The maximum Gasteiger partial charge on any atom is 0.336 e. The Kier molecular flexibility index (Phi) is 4.53. The summed E-state index contributed by atoms with van der Waals surface area (Å²) in [6, 6.07) is 6.60. The molecule has 98 valence electrons. The van der Waals surface area contributed by atoms with Crippen molar-refractivity contribution in [2.24, 2.45) is 0 Å². The SMILES string of the molecule is O=C(CSc1ccccc1C(=O)O)Nc1nccs1. The summed E-state index contributed by atoms with van der Waals surface area (Å²) in [4.78, 5) is 27.2. The van der Waals surface area contributed by atoms with E-state index in [2.05, 4.69) is 10.3 Å². The molecule has 0 spiro atoms. The van der Waals surface area contributed by atoms with Crippen LogP contribution in [0.5, 0.6) is 0 Å². The fraction of sp³-hybridized carbons (Fsp3) is 0.0833. The number of benzene rings is 1. The first-order valence-electron chi connectivity index (χ1n) is 5.31. The molecule has 1 heterocycles. The van der Waals surface area contributed by atoms with Gasteiger partial charge in [0.25, 0.3) is 0 Å². The first-order valence-corrected chi connectivity index (χ1v) is 7.18. The first-order chi connectivity index (χ1) is 9.16. The third-order valence-electron chi connectivity index (χ3n) is 2.15. The lowest BCUT2D eigenvalue weighted by Crippen LogP contribution is -2.14. The summed E-state index contributed by atoms with van der Waals surface area (Å²) in [6.07, 6.45) is 1.60. The van der Waals surface area contributed by atoms with E-state index in [-0.39, 0.29) is 17.2 Å². The predicted octanol–water partition coefficient (Wildman–Crippen LogP) is 2.57. The Hall–Kier alpha value is -1.86. The van der Waals surface area contributed by atoms with Crippen molar-refractivity contribution in [2.75, 3.05) is 11.1 Å². The molecule has 1 aromatic heterocycles. The Morgan fingerprint density at radius 3 is 2.84 bits per heavy atom. The van der Waals surface area contributed by atoms with Gasteiger partial charge in [-0.2, -0.15) is 0 Å². The van der Waals surface area contributed by atoms with Crippen LogP contribution in [0.4, 0.5) is 5.13 Å². The molecule has 0 aliphatic heterocycles. The van der Waals surface area contributed by atoms with E-state index in [9.17, 15) is 9.59 Å². The monoisotopic (exact) mass is 294 g/mol. The van der Waals surface area contributed by atoms with Crippen molar-refractivity contribution >= 4 is 40.1 Å². The van der Waals surface area contributed by atoms with Gasteiger partial charge in [-0.1, -0.05) is 12.1 Å². The average molecular weight is 294 g/mol. The van der Waals surface area contributed by atoms with Gasteiger partial charge in [-0.3, -0.25) is 4.79 Å². The molecular formula is C12H10N2O3S2. The van der Waals surface area contributed by atoms with Gasteiger partial charge in [0.1, 0.15) is 0 Å². The van der Waals surface area contributed by atoms with Crippen molar-refractivity contribution in [3.05, 3.63) is 41.4 Å². The molecule has 1 amide bonds. The number of nitrogens with zero attached hydrogens (tertiary/aromatic N) is 1. The predicted molar refractivity (Wildman–Crippen MR) is 74.9 cm³/mol. The van der Waals surface area contributed by atoms with E-state index >= 15 is 0 Å². The Labute approximate surface area is 117 Å². The minimum Gasteiger partial charge on any atom is -0.478 e. The first kappa shape index (κ1) is 13.6. The van der Waals surface area contributed by atoms with Crippen molar-refractivity contribution in [1.29, 1.82) is 0 Å². The van der Waals surface area contributed by atoms with E-state index in [1.807, 2.05) is 0 Å². The lowest BCUT2D eigenvalue weighted by atomic mass is 10.2. The Bertz CT molecular complexity index is 584. The Morgan fingerprint density at radius 2 is 2.16 bits per heavy atom. The zero-order valence-electron chi connectivity index (χ0n) is 9.70. The third kappa shape index (κ3) is 3.80.